The topological polar surface area (TPSA) is 12.9 Å². The van der Waals surface area contributed by atoms with Crippen molar-refractivity contribution >= 4 is 10.9 Å². The number of alkyl halides is 2. The van der Waals surface area contributed by atoms with Crippen molar-refractivity contribution in [2.75, 3.05) is 0 Å². The van der Waals surface area contributed by atoms with Crippen LogP contribution < -0.4 is 0 Å². The van der Waals surface area contributed by atoms with Crippen LogP contribution in [0.3, 0.4) is 0 Å². The zero-order valence-corrected chi connectivity index (χ0v) is 31.7. The molecule has 0 amide bonds. The molecule has 3 aromatic rings. The highest BCUT2D eigenvalue weighted by atomic mass is 19.3. The second-order valence-electron chi connectivity index (χ2n) is 12.8. The van der Waals surface area contributed by atoms with Crippen LogP contribution in [-0.2, 0) is 6.42 Å². The van der Waals surface area contributed by atoms with Gasteiger partial charge in [-0.25, -0.2) is 8.78 Å². The summed E-state index contributed by atoms with van der Waals surface area (Å²) in [6, 6.07) is 13.0. The molecular formula is C43H65F2N. The van der Waals surface area contributed by atoms with E-state index in [9.17, 15) is 8.78 Å². The summed E-state index contributed by atoms with van der Waals surface area (Å²) in [5, 5.41) is 1.15. The average molecular weight is 634 g/mol. The monoisotopic (exact) mass is 634 g/mol. The number of pyridine rings is 1. The van der Waals surface area contributed by atoms with Gasteiger partial charge in [0.05, 0.1) is 5.52 Å². The maximum Gasteiger partial charge on any atom is 0.254 e. The third-order valence-electron chi connectivity index (χ3n) is 8.55. The second kappa shape index (κ2) is 20.9. The Bertz CT molecular complexity index is 1390. The molecule has 0 saturated heterocycles. The molecule has 0 aliphatic carbocycles. The van der Waals surface area contributed by atoms with Crippen LogP contribution in [0.1, 0.15) is 130 Å². The molecule has 0 spiro atoms. The highest BCUT2D eigenvalue weighted by Gasteiger charge is 2.43. The molecule has 1 heterocycles. The van der Waals surface area contributed by atoms with E-state index >= 15 is 0 Å². The number of rotatable bonds is 11. The van der Waals surface area contributed by atoms with Gasteiger partial charge in [0.1, 0.15) is 0 Å². The predicted octanol–water partition coefficient (Wildman–Crippen LogP) is 14.5. The molecule has 1 nitrogen and oxygen atoms in total. The van der Waals surface area contributed by atoms with Crippen LogP contribution in [-0.4, -0.2) is 10.9 Å². The van der Waals surface area contributed by atoms with Crippen molar-refractivity contribution in [3.05, 3.63) is 101 Å². The normalized spacial score (nSPS) is 11.4. The fourth-order valence-corrected chi connectivity index (χ4v) is 4.58. The third-order valence-corrected chi connectivity index (χ3v) is 8.55. The van der Waals surface area contributed by atoms with Gasteiger partial charge >= 0.3 is 0 Å². The van der Waals surface area contributed by atoms with Crippen molar-refractivity contribution in [1.82, 2.24) is 4.98 Å². The van der Waals surface area contributed by atoms with E-state index < -0.39 is 11.3 Å². The Balaban J connectivity index is 0.00000178. The van der Waals surface area contributed by atoms with Gasteiger partial charge in [0.2, 0.25) is 0 Å². The van der Waals surface area contributed by atoms with Crippen LogP contribution in [0.4, 0.5) is 8.78 Å². The number of halogens is 2. The van der Waals surface area contributed by atoms with Gasteiger partial charge in [-0.3, -0.25) is 4.98 Å². The Morgan fingerprint density at radius 1 is 0.761 bits per heavy atom. The maximum absolute atomic E-state index is 14.2. The molecule has 0 radical (unpaired) electrons. The minimum atomic E-state index is -2.80. The molecule has 3 heteroatoms. The van der Waals surface area contributed by atoms with Crippen molar-refractivity contribution < 1.29 is 8.78 Å². The maximum atomic E-state index is 14.2. The van der Waals surface area contributed by atoms with Crippen molar-refractivity contribution in [2.45, 2.75) is 141 Å². The average Bonchev–Trinajstić information content (AvgIpc) is 3.01. The number of hydrogen-bond donors (Lipinski definition) is 0. The standard InChI is InChI=1S/C33H39F2N.2C4H10.C2H6/c1-10-30(32(7,8)33(9,34)35)15-22(3)13-21(2)14-26-11-12-27(17-25(26)6)29-19-28-16-23(4)24(5)18-31(28)36-20-29;2*1-3-4-2;1-2/h11-12,15-20H,2-3,10,13-14H2,1,4-9H3;2*3-4H2,1-2H3;1-2H3/b30-15+;;;. The van der Waals surface area contributed by atoms with Gasteiger partial charge in [-0.2, -0.15) is 0 Å². The fraction of sp³-hybridized carbons (Fsp3) is 0.512. The van der Waals surface area contributed by atoms with Gasteiger partial charge in [-0.15, -0.1) is 0 Å². The van der Waals surface area contributed by atoms with Crippen LogP contribution in [0.25, 0.3) is 22.0 Å². The number of aryl methyl sites for hydroxylation is 3. The molecule has 1 aromatic heterocycles. The lowest BCUT2D eigenvalue weighted by Gasteiger charge is -2.34. The summed E-state index contributed by atoms with van der Waals surface area (Å²) in [6.45, 7) is 33.6. The SMILES string of the molecule is C=C(/C=C(\CC)C(C)(C)C(C)(F)F)CC(=C)Cc1ccc(-c2cnc3cc(C)c(C)cc3c2)cc1C.CC.CCCC.CCCC. The fourth-order valence-electron chi connectivity index (χ4n) is 4.58. The largest absolute Gasteiger partial charge is 0.256 e. The summed E-state index contributed by atoms with van der Waals surface area (Å²) in [6.07, 6.45) is 10.9. The Hall–Kier alpha value is -3.07. The van der Waals surface area contributed by atoms with Crippen LogP contribution in [0.2, 0.25) is 0 Å². The van der Waals surface area contributed by atoms with E-state index in [1.54, 1.807) is 13.8 Å². The van der Waals surface area contributed by atoms with Gasteiger partial charge in [0.25, 0.3) is 5.92 Å². The Morgan fingerprint density at radius 3 is 1.78 bits per heavy atom. The van der Waals surface area contributed by atoms with Gasteiger partial charge in [-0.1, -0.05) is 142 Å². The van der Waals surface area contributed by atoms with Gasteiger partial charge in [0, 0.05) is 29.5 Å². The van der Waals surface area contributed by atoms with Crippen molar-refractivity contribution in [2.24, 2.45) is 5.41 Å². The summed E-state index contributed by atoms with van der Waals surface area (Å²) in [5.41, 5.74) is 9.48. The smallest absolute Gasteiger partial charge is 0.254 e. The van der Waals surface area contributed by atoms with Crippen molar-refractivity contribution in [3.8, 4) is 11.1 Å². The first kappa shape index (κ1) is 42.9. The van der Waals surface area contributed by atoms with Crippen LogP contribution >= 0.6 is 0 Å². The molecule has 0 bridgehead atoms. The first-order valence-electron chi connectivity index (χ1n) is 17.5. The number of unbranched alkanes of at least 4 members (excludes halogenated alkanes) is 2. The van der Waals surface area contributed by atoms with E-state index in [1.807, 2.05) is 33.0 Å². The van der Waals surface area contributed by atoms with E-state index in [4.69, 9.17) is 0 Å². The summed E-state index contributed by atoms with van der Waals surface area (Å²) in [7, 11) is 0. The predicted molar refractivity (Wildman–Crippen MR) is 203 cm³/mol. The molecule has 256 valence electrons. The number of hydrogen-bond acceptors (Lipinski definition) is 1. The molecule has 0 saturated carbocycles. The van der Waals surface area contributed by atoms with E-state index in [0.717, 1.165) is 46.5 Å². The summed E-state index contributed by atoms with van der Waals surface area (Å²) < 4.78 is 28.3. The lowest BCUT2D eigenvalue weighted by atomic mass is 9.76. The summed E-state index contributed by atoms with van der Waals surface area (Å²) >= 11 is 0. The highest BCUT2D eigenvalue weighted by Crippen LogP contribution is 2.43. The van der Waals surface area contributed by atoms with E-state index in [-0.39, 0.29) is 0 Å². The molecule has 46 heavy (non-hydrogen) atoms. The molecular weight excluding hydrogens is 568 g/mol. The first-order valence-corrected chi connectivity index (χ1v) is 17.5. The molecule has 0 aliphatic heterocycles. The van der Waals surface area contributed by atoms with Gasteiger partial charge < -0.3 is 0 Å². The molecule has 0 aliphatic rings. The van der Waals surface area contributed by atoms with E-state index in [0.29, 0.717) is 18.4 Å². The quantitative estimate of drug-likeness (QED) is 0.151. The number of fused-ring (bicyclic) bond motifs is 1. The molecule has 0 fully saturated rings. The molecule has 0 unspecified atom stereocenters. The Kier molecular flexibility index (Phi) is 19.5. The second-order valence-corrected chi connectivity index (χ2v) is 12.8. The zero-order valence-electron chi connectivity index (χ0n) is 31.7. The lowest BCUT2D eigenvalue weighted by Crippen LogP contribution is -2.35. The first-order chi connectivity index (χ1) is 21.6. The summed E-state index contributed by atoms with van der Waals surface area (Å²) in [5.74, 6) is -2.80. The minimum Gasteiger partial charge on any atom is -0.256 e. The van der Waals surface area contributed by atoms with Crippen molar-refractivity contribution in [3.63, 3.8) is 0 Å². The minimum absolute atomic E-state index is 0.561. The molecule has 2 aromatic carbocycles. The van der Waals surface area contributed by atoms with Crippen LogP contribution in [0.15, 0.2) is 78.5 Å². The molecule has 0 N–H and O–H groups in total. The van der Waals surface area contributed by atoms with Crippen LogP contribution in [0.5, 0.6) is 0 Å². The lowest BCUT2D eigenvalue weighted by molar-refractivity contribution is -0.0702. The van der Waals surface area contributed by atoms with E-state index in [2.05, 4.69) is 103 Å². The number of nitrogens with zero attached hydrogens (tertiary/aromatic N) is 1. The van der Waals surface area contributed by atoms with Crippen LogP contribution in [0, 0.1) is 26.2 Å². The Labute approximate surface area is 282 Å². The number of allylic oxidation sites excluding steroid dienone is 4. The zero-order chi connectivity index (χ0) is 35.7. The van der Waals surface area contributed by atoms with E-state index in [1.165, 1.54) is 47.9 Å². The summed E-state index contributed by atoms with van der Waals surface area (Å²) in [4.78, 5) is 4.68. The molecule has 0 atom stereocenters. The molecule has 3 rings (SSSR count). The van der Waals surface area contributed by atoms with Crippen molar-refractivity contribution in [1.29, 1.82) is 0 Å². The number of benzene rings is 2. The van der Waals surface area contributed by atoms with Gasteiger partial charge in [0.15, 0.2) is 0 Å². The Morgan fingerprint density at radius 2 is 1.30 bits per heavy atom. The highest BCUT2D eigenvalue weighted by molar-refractivity contribution is 5.85. The number of aromatic nitrogens is 1. The third kappa shape index (κ3) is 13.3. The van der Waals surface area contributed by atoms with Gasteiger partial charge in [-0.05, 0) is 86.1 Å².